The Labute approximate surface area is 121 Å². The van der Waals surface area contributed by atoms with Crippen LogP contribution in [0, 0.1) is 0 Å². The molecule has 3 unspecified atom stereocenters. The summed E-state index contributed by atoms with van der Waals surface area (Å²) in [5.41, 5.74) is 1.25. The van der Waals surface area contributed by atoms with Gasteiger partial charge in [-0.25, -0.2) is 0 Å². The third-order valence-electron chi connectivity index (χ3n) is 4.43. The molecule has 1 aliphatic carbocycles. The average molecular weight is 282 g/mol. The van der Waals surface area contributed by atoms with Gasteiger partial charge in [0, 0.05) is 17.1 Å². The lowest BCUT2D eigenvalue weighted by atomic mass is 10.00. The molecule has 0 aliphatic heterocycles. The van der Waals surface area contributed by atoms with Crippen molar-refractivity contribution < 1.29 is 5.11 Å². The van der Waals surface area contributed by atoms with Crippen molar-refractivity contribution in [2.45, 2.75) is 57.2 Å². The quantitative estimate of drug-likeness (QED) is 0.846. The first-order chi connectivity index (χ1) is 9.09. The molecule has 0 spiro atoms. The molecule has 0 heterocycles. The molecule has 3 heteroatoms. The van der Waals surface area contributed by atoms with Gasteiger partial charge in [-0.3, -0.25) is 4.90 Å². The first-order valence-corrected chi connectivity index (χ1v) is 7.63. The van der Waals surface area contributed by atoms with E-state index >= 15 is 0 Å². The van der Waals surface area contributed by atoms with Crippen molar-refractivity contribution in [2.24, 2.45) is 0 Å². The van der Waals surface area contributed by atoms with Crippen molar-refractivity contribution in [2.75, 3.05) is 7.05 Å². The first kappa shape index (κ1) is 14.8. The third kappa shape index (κ3) is 3.71. The number of aliphatic hydroxyl groups is 1. The Morgan fingerprint density at radius 2 is 1.79 bits per heavy atom. The molecule has 1 aromatic rings. The van der Waals surface area contributed by atoms with E-state index in [9.17, 15) is 5.11 Å². The molecule has 0 radical (unpaired) electrons. The number of hydrogen-bond donors (Lipinski definition) is 1. The molecule has 1 aromatic carbocycles. The van der Waals surface area contributed by atoms with E-state index in [0.717, 1.165) is 24.3 Å². The van der Waals surface area contributed by atoms with Gasteiger partial charge in [0.25, 0.3) is 0 Å². The SMILES string of the molecule is CC(c1ccc(Cl)cc1)N(C)C1CCCCCC1O. The van der Waals surface area contributed by atoms with Crippen molar-refractivity contribution in [3.63, 3.8) is 0 Å². The summed E-state index contributed by atoms with van der Waals surface area (Å²) in [6, 6.07) is 8.59. The number of halogens is 1. The zero-order valence-corrected chi connectivity index (χ0v) is 12.6. The topological polar surface area (TPSA) is 23.5 Å². The molecule has 2 nitrogen and oxygen atoms in total. The molecule has 0 bridgehead atoms. The lowest BCUT2D eigenvalue weighted by Crippen LogP contribution is -2.41. The van der Waals surface area contributed by atoms with Crippen LogP contribution in [0.2, 0.25) is 5.02 Å². The molecule has 0 aromatic heterocycles. The number of likely N-dealkylation sites (N-methyl/N-ethyl adjacent to an activating group) is 1. The summed E-state index contributed by atoms with van der Waals surface area (Å²) in [6.45, 7) is 2.20. The molecule has 1 fully saturated rings. The number of nitrogens with zero attached hydrogens (tertiary/aromatic N) is 1. The highest BCUT2D eigenvalue weighted by atomic mass is 35.5. The van der Waals surface area contributed by atoms with Crippen molar-refractivity contribution >= 4 is 11.6 Å². The van der Waals surface area contributed by atoms with Crippen molar-refractivity contribution in [1.82, 2.24) is 4.90 Å². The van der Waals surface area contributed by atoms with E-state index in [1.807, 2.05) is 12.1 Å². The van der Waals surface area contributed by atoms with Gasteiger partial charge < -0.3 is 5.11 Å². The molecule has 1 N–H and O–H groups in total. The fraction of sp³-hybridized carbons (Fsp3) is 0.625. The third-order valence-corrected chi connectivity index (χ3v) is 4.68. The Balaban J connectivity index is 2.08. The van der Waals surface area contributed by atoms with Crippen LogP contribution >= 0.6 is 11.6 Å². The van der Waals surface area contributed by atoms with Crippen LogP contribution in [0.5, 0.6) is 0 Å². The van der Waals surface area contributed by atoms with Crippen molar-refractivity contribution in [3.05, 3.63) is 34.9 Å². The van der Waals surface area contributed by atoms with Gasteiger partial charge in [0.15, 0.2) is 0 Å². The van der Waals surface area contributed by atoms with Crippen LogP contribution in [-0.2, 0) is 0 Å². The Kier molecular flexibility index (Phi) is 5.26. The predicted molar refractivity (Wildman–Crippen MR) is 80.5 cm³/mol. The minimum atomic E-state index is -0.192. The van der Waals surface area contributed by atoms with Crippen LogP contribution in [0.4, 0.5) is 0 Å². The van der Waals surface area contributed by atoms with Crippen molar-refractivity contribution in [1.29, 1.82) is 0 Å². The normalized spacial score (nSPS) is 26.2. The summed E-state index contributed by atoms with van der Waals surface area (Å²) >= 11 is 5.94. The van der Waals surface area contributed by atoms with Gasteiger partial charge in [-0.1, -0.05) is 43.0 Å². The fourth-order valence-electron chi connectivity index (χ4n) is 3.01. The highest BCUT2D eigenvalue weighted by Crippen LogP contribution is 2.28. The number of hydrogen-bond acceptors (Lipinski definition) is 2. The summed E-state index contributed by atoms with van der Waals surface area (Å²) in [6.07, 6.45) is 5.46. The average Bonchev–Trinajstić information content (AvgIpc) is 2.63. The molecule has 106 valence electrons. The molecule has 2 rings (SSSR count). The second kappa shape index (κ2) is 6.74. The molecule has 19 heavy (non-hydrogen) atoms. The predicted octanol–water partition coefficient (Wildman–Crippen LogP) is 4.03. The Bertz CT molecular complexity index is 392. The molecular formula is C16H24ClNO. The van der Waals surface area contributed by atoms with Gasteiger partial charge in [0.1, 0.15) is 0 Å². The smallest absolute Gasteiger partial charge is 0.0695 e. The maximum absolute atomic E-state index is 10.3. The summed E-state index contributed by atoms with van der Waals surface area (Å²) in [5.74, 6) is 0. The monoisotopic (exact) mass is 281 g/mol. The van der Waals surface area contributed by atoms with E-state index in [0.29, 0.717) is 6.04 Å². The van der Waals surface area contributed by atoms with Gasteiger partial charge in [0.05, 0.1) is 6.10 Å². The number of aliphatic hydroxyl groups excluding tert-OH is 1. The van der Waals surface area contributed by atoms with E-state index in [4.69, 9.17) is 11.6 Å². The largest absolute Gasteiger partial charge is 0.391 e. The summed E-state index contributed by atoms with van der Waals surface area (Å²) < 4.78 is 0. The Hall–Kier alpha value is -0.570. The standard InChI is InChI=1S/C16H24ClNO/c1-12(13-8-10-14(17)11-9-13)18(2)15-6-4-3-5-7-16(15)19/h8-12,15-16,19H,3-7H2,1-2H3. The zero-order valence-electron chi connectivity index (χ0n) is 11.8. The van der Waals surface area contributed by atoms with Gasteiger partial charge >= 0.3 is 0 Å². The summed E-state index contributed by atoms with van der Waals surface area (Å²) in [5, 5.41) is 11.1. The van der Waals surface area contributed by atoms with Crippen LogP contribution in [0.3, 0.4) is 0 Å². The van der Waals surface area contributed by atoms with E-state index in [1.54, 1.807) is 0 Å². The molecule has 1 saturated carbocycles. The molecule has 0 saturated heterocycles. The van der Waals surface area contributed by atoms with E-state index < -0.39 is 0 Å². The summed E-state index contributed by atoms with van der Waals surface area (Å²) in [7, 11) is 2.12. The lowest BCUT2D eigenvalue weighted by molar-refractivity contribution is 0.0392. The molecule has 1 aliphatic rings. The molecule has 0 amide bonds. The lowest BCUT2D eigenvalue weighted by Gasteiger charge is -2.35. The number of rotatable bonds is 3. The van der Waals surface area contributed by atoms with Crippen LogP contribution in [0.25, 0.3) is 0 Å². The summed E-state index contributed by atoms with van der Waals surface area (Å²) in [4.78, 5) is 2.32. The van der Waals surface area contributed by atoms with Gasteiger partial charge in [0.2, 0.25) is 0 Å². The zero-order chi connectivity index (χ0) is 13.8. The fourth-order valence-corrected chi connectivity index (χ4v) is 3.13. The second-order valence-corrected chi connectivity index (χ2v) is 6.10. The first-order valence-electron chi connectivity index (χ1n) is 7.25. The van der Waals surface area contributed by atoms with Gasteiger partial charge in [-0.2, -0.15) is 0 Å². The Morgan fingerprint density at radius 3 is 2.47 bits per heavy atom. The highest BCUT2D eigenvalue weighted by Gasteiger charge is 2.28. The van der Waals surface area contributed by atoms with Crippen LogP contribution in [0.1, 0.15) is 50.6 Å². The van der Waals surface area contributed by atoms with Crippen LogP contribution in [0.15, 0.2) is 24.3 Å². The van der Waals surface area contributed by atoms with Gasteiger partial charge in [-0.15, -0.1) is 0 Å². The maximum Gasteiger partial charge on any atom is 0.0695 e. The molecule has 3 atom stereocenters. The van der Waals surface area contributed by atoms with Gasteiger partial charge in [-0.05, 0) is 44.5 Å². The highest BCUT2D eigenvalue weighted by molar-refractivity contribution is 6.30. The minimum Gasteiger partial charge on any atom is -0.391 e. The van der Waals surface area contributed by atoms with E-state index in [1.165, 1.54) is 18.4 Å². The Morgan fingerprint density at radius 1 is 1.16 bits per heavy atom. The van der Waals surface area contributed by atoms with Crippen LogP contribution in [-0.4, -0.2) is 29.2 Å². The van der Waals surface area contributed by atoms with Crippen LogP contribution < -0.4 is 0 Å². The maximum atomic E-state index is 10.3. The number of benzene rings is 1. The molecular weight excluding hydrogens is 258 g/mol. The van der Waals surface area contributed by atoms with Crippen molar-refractivity contribution in [3.8, 4) is 0 Å². The minimum absolute atomic E-state index is 0.192. The van der Waals surface area contributed by atoms with E-state index in [2.05, 4.69) is 31.0 Å². The van der Waals surface area contributed by atoms with E-state index in [-0.39, 0.29) is 12.1 Å². The second-order valence-electron chi connectivity index (χ2n) is 5.67.